The Balaban J connectivity index is 1.59. The highest BCUT2D eigenvalue weighted by Gasteiger charge is 2.46. The molecule has 2 aliphatic heterocycles. The number of nitrogens with one attached hydrogen (secondary N) is 1. The summed E-state index contributed by atoms with van der Waals surface area (Å²) >= 11 is 5.60. The van der Waals surface area contributed by atoms with Gasteiger partial charge in [-0.25, -0.2) is 4.79 Å². The summed E-state index contributed by atoms with van der Waals surface area (Å²) in [6.07, 6.45) is -5.56. The number of anilines is 1. The summed E-state index contributed by atoms with van der Waals surface area (Å²) in [4.78, 5) is 38.5. The molecule has 0 bridgehead atoms. The third kappa shape index (κ3) is 3.49. The van der Waals surface area contributed by atoms with Gasteiger partial charge in [0, 0.05) is 17.7 Å². The molecule has 2 atom stereocenters. The average molecular weight is 439 g/mol. The Morgan fingerprint density at radius 1 is 1.17 bits per heavy atom. The summed E-state index contributed by atoms with van der Waals surface area (Å²) in [5.74, 6) is -1.68. The van der Waals surface area contributed by atoms with Crippen LogP contribution in [0.4, 0.5) is 18.9 Å². The van der Waals surface area contributed by atoms with Crippen LogP contribution in [0.1, 0.15) is 40.6 Å². The van der Waals surface area contributed by atoms with Gasteiger partial charge in [-0.2, -0.15) is 13.2 Å². The van der Waals surface area contributed by atoms with Crippen LogP contribution >= 0.6 is 11.6 Å². The van der Waals surface area contributed by atoms with Gasteiger partial charge in [-0.3, -0.25) is 14.5 Å². The lowest BCUT2D eigenvalue weighted by molar-refractivity contribution is -0.144. The number of alkyl halides is 3. The lowest BCUT2D eigenvalue weighted by atomic mass is 10.1. The van der Waals surface area contributed by atoms with Gasteiger partial charge in [0.1, 0.15) is 6.04 Å². The largest absolute Gasteiger partial charge is 0.433 e. The van der Waals surface area contributed by atoms with Crippen molar-refractivity contribution in [3.8, 4) is 0 Å². The van der Waals surface area contributed by atoms with Crippen molar-refractivity contribution in [1.82, 2.24) is 4.90 Å². The number of hydrogen-bond acceptors (Lipinski definition) is 4. The van der Waals surface area contributed by atoms with Gasteiger partial charge in [-0.15, -0.1) is 0 Å². The molecule has 2 unspecified atom stereocenters. The molecule has 10 heteroatoms. The van der Waals surface area contributed by atoms with E-state index in [2.05, 4.69) is 5.32 Å². The number of cyclic esters (lactones) is 1. The van der Waals surface area contributed by atoms with Gasteiger partial charge in [-0.1, -0.05) is 29.8 Å². The van der Waals surface area contributed by atoms with E-state index in [4.69, 9.17) is 16.3 Å². The fraction of sp³-hybridized carbons (Fsp3) is 0.250. The molecule has 2 heterocycles. The van der Waals surface area contributed by atoms with Crippen LogP contribution in [-0.2, 0) is 20.5 Å². The maximum absolute atomic E-state index is 13.1. The van der Waals surface area contributed by atoms with Crippen molar-refractivity contribution < 1.29 is 32.3 Å². The molecule has 0 radical (unpaired) electrons. The van der Waals surface area contributed by atoms with Gasteiger partial charge in [0.25, 0.3) is 0 Å². The van der Waals surface area contributed by atoms with E-state index in [9.17, 15) is 27.6 Å². The van der Waals surface area contributed by atoms with Crippen LogP contribution in [0.5, 0.6) is 0 Å². The summed E-state index contributed by atoms with van der Waals surface area (Å²) in [6, 6.07) is 8.50. The van der Waals surface area contributed by atoms with Gasteiger partial charge in [-0.05, 0) is 30.7 Å². The zero-order valence-corrected chi connectivity index (χ0v) is 16.0. The summed E-state index contributed by atoms with van der Waals surface area (Å²) in [5.41, 5.74) is -0.435. The molecule has 0 aliphatic carbocycles. The molecule has 0 aromatic heterocycles. The normalized spacial score (nSPS) is 20.9. The molecule has 6 nitrogen and oxygen atoms in total. The number of rotatable bonds is 3. The molecule has 2 aromatic rings. The standard InChI is InChI=1S/C20H14ClF3N2O4/c21-14-6-5-10(9-13(14)20(22,23)24)25-17(28)15-7-8-16(27)26(15)18-11-3-1-2-4-12(11)19(29)30-18/h1-6,9,15,18H,7-8H2,(H,25,28). The van der Waals surface area contributed by atoms with E-state index in [1.165, 1.54) is 11.0 Å². The van der Waals surface area contributed by atoms with Crippen molar-refractivity contribution in [3.63, 3.8) is 0 Å². The molecule has 0 spiro atoms. The van der Waals surface area contributed by atoms with Crippen LogP contribution < -0.4 is 5.32 Å². The van der Waals surface area contributed by atoms with E-state index in [0.717, 1.165) is 12.1 Å². The molecule has 30 heavy (non-hydrogen) atoms. The Labute approximate surface area is 173 Å². The zero-order valence-electron chi connectivity index (χ0n) is 15.2. The minimum atomic E-state index is -4.69. The molecule has 4 rings (SSSR count). The predicted molar refractivity (Wildman–Crippen MR) is 99.6 cm³/mol. The van der Waals surface area contributed by atoms with Gasteiger partial charge in [0.15, 0.2) is 0 Å². The first-order valence-electron chi connectivity index (χ1n) is 8.95. The number of hydrogen-bond donors (Lipinski definition) is 1. The van der Waals surface area contributed by atoms with E-state index in [0.29, 0.717) is 11.1 Å². The molecular weight excluding hydrogens is 425 g/mol. The van der Waals surface area contributed by atoms with Crippen molar-refractivity contribution in [2.24, 2.45) is 0 Å². The SMILES string of the molecule is O=C1OC(N2C(=O)CCC2C(=O)Nc2ccc(Cl)c(C(F)(F)F)c2)c2ccccc21. The average Bonchev–Trinajstić information content (AvgIpc) is 3.22. The maximum atomic E-state index is 13.1. The lowest BCUT2D eigenvalue weighted by Crippen LogP contribution is -2.43. The van der Waals surface area contributed by atoms with E-state index in [-0.39, 0.29) is 18.5 Å². The minimum absolute atomic E-state index is 0.0444. The number of esters is 1. The van der Waals surface area contributed by atoms with E-state index >= 15 is 0 Å². The van der Waals surface area contributed by atoms with Gasteiger partial charge < -0.3 is 10.1 Å². The third-order valence-electron chi connectivity index (χ3n) is 5.02. The Hall–Kier alpha value is -3.07. The number of ether oxygens (including phenoxy) is 1. The smallest absolute Gasteiger partial charge is 0.417 e. The maximum Gasteiger partial charge on any atom is 0.417 e. The molecule has 1 N–H and O–H groups in total. The molecule has 1 saturated heterocycles. The highest BCUT2D eigenvalue weighted by atomic mass is 35.5. The number of likely N-dealkylation sites (tertiary alicyclic amines) is 1. The number of benzene rings is 2. The molecule has 1 fully saturated rings. The van der Waals surface area contributed by atoms with Gasteiger partial charge in [0.05, 0.1) is 16.1 Å². The molecule has 2 aliphatic rings. The van der Waals surface area contributed by atoms with Gasteiger partial charge >= 0.3 is 12.1 Å². The van der Waals surface area contributed by atoms with Crippen LogP contribution in [0, 0.1) is 0 Å². The first kappa shape index (κ1) is 20.2. The topological polar surface area (TPSA) is 75.7 Å². The zero-order chi connectivity index (χ0) is 21.6. The summed E-state index contributed by atoms with van der Waals surface area (Å²) in [6.45, 7) is 0. The number of nitrogens with zero attached hydrogens (tertiary/aromatic N) is 1. The van der Waals surface area contributed by atoms with Crippen molar-refractivity contribution in [2.75, 3.05) is 5.32 Å². The Kier molecular flexibility index (Phi) is 4.93. The molecule has 2 amide bonds. The number of carbonyl (C=O) groups excluding carboxylic acids is 3. The minimum Gasteiger partial charge on any atom is -0.433 e. The Bertz CT molecular complexity index is 1060. The third-order valence-corrected chi connectivity index (χ3v) is 5.35. The van der Waals surface area contributed by atoms with Crippen molar-refractivity contribution >= 4 is 35.1 Å². The van der Waals surface area contributed by atoms with Crippen LogP contribution in [0.15, 0.2) is 42.5 Å². The fourth-order valence-electron chi connectivity index (χ4n) is 3.63. The Morgan fingerprint density at radius 2 is 1.90 bits per heavy atom. The Morgan fingerprint density at radius 3 is 2.63 bits per heavy atom. The molecule has 2 aromatic carbocycles. The molecule has 156 valence electrons. The van der Waals surface area contributed by atoms with Crippen LogP contribution in [0.3, 0.4) is 0 Å². The van der Waals surface area contributed by atoms with Crippen molar-refractivity contribution in [2.45, 2.75) is 31.3 Å². The van der Waals surface area contributed by atoms with Crippen LogP contribution in [0.2, 0.25) is 5.02 Å². The monoisotopic (exact) mass is 438 g/mol. The highest BCUT2D eigenvalue weighted by molar-refractivity contribution is 6.31. The van der Waals surface area contributed by atoms with E-state index in [1.807, 2.05) is 0 Å². The summed E-state index contributed by atoms with van der Waals surface area (Å²) in [7, 11) is 0. The highest BCUT2D eigenvalue weighted by Crippen LogP contribution is 2.39. The van der Waals surface area contributed by atoms with Crippen LogP contribution in [-0.4, -0.2) is 28.7 Å². The van der Waals surface area contributed by atoms with E-state index < -0.39 is 46.8 Å². The van der Waals surface area contributed by atoms with Crippen molar-refractivity contribution in [3.05, 3.63) is 64.2 Å². The number of amides is 2. The predicted octanol–water partition coefficient (Wildman–Crippen LogP) is 4.16. The second-order valence-electron chi connectivity index (χ2n) is 6.88. The lowest BCUT2D eigenvalue weighted by Gasteiger charge is -2.29. The van der Waals surface area contributed by atoms with Crippen LogP contribution in [0.25, 0.3) is 0 Å². The van der Waals surface area contributed by atoms with Crippen molar-refractivity contribution in [1.29, 1.82) is 0 Å². The quantitative estimate of drug-likeness (QED) is 0.730. The second kappa shape index (κ2) is 7.32. The molecule has 0 saturated carbocycles. The number of halogens is 4. The van der Waals surface area contributed by atoms with E-state index in [1.54, 1.807) is 24.3 Å². The fourth-order valence-corrected chi connectivity index (χ4v) is 3.86. The second-order valence-corrected chi connectivity index (χ2v) is 7.29. The molecular formula is C20H14ClF3N2O4. The summed E-state index contributed by atoms with van der Waals surface area (Å²) in [5, 5.41) is 1.91. The van der Waals surface area contributed by atoms with Gasteiger partial charge in [0.2, 0.25) is 18.0 Å². The first-order valence-corrected chi connectivity index (χ1v) is 9.33. The summed E-state index contributed by atoms with van der Waals surface area (Å²) < 4.78 is 44.5. The number of fused-ring (bicyclic) bond motifs is 1. The number of carbonyl (C=O) groups is 3. The first-order chi connectivity index (χ1) is 14.2.